The van der Waals surface area contributed by atoms with Crippen LogP contribution in [0.4, 0.5) is 11.4 Å². The molecule has 1 N–H and O–H groups in total. The zero-order valence-corrected chi connectivity index (χ0v) is 10.1. The minimum atomic E-state index is -0.753. The van der Waals surface area contributed by atoms with Crippen molar-refractivity contribution in [3.8, 4) is 0 Å². The van der Waals surface area contributed by atoms with Crippen LogP contribution in [0.25, 0.3) is 0 Å². The highest BCUT2D eigenvalue weighted by atomic mass is 79.9. The van der Waals surface area contributed by atoms with Crippen molar-refractivity contribution in [2.45, 2.75) is 0 Å². The van der Waals surface area contributed by atoms with Gasteiger partial charge in [-0.1, -0.05) is 0 Å². The molecule has 0 heterocycles. The SMILES string of the molecule is O=[N+]([O-])Nc1c(Br)cc([N+](=O)[O-])cc1Br. The summed E-state index contributed by atoms with van der Waals surface area (Å²) in [7, 11) is 0. The molecule has 0 aromatic heterocycles. The van der Waals surface area contributed by atoms with E-state index in [-0.39, 0.29) is 20.3 Å². The minimum absolute atomic E-state index is 0.130. The van der Waals surface area contributed by atoms with E-state index < -0.39 is 9.96 Å². The predicted molar refractivity (Wildman–Crippen MR) is 59.1 cm³/mol. The summed E-state index contributed by atoms with van der Waals surface area (Å²) in [5, 5.41) is 19.9. The molecule has 0 saturated carbocycles. The number of non-ortho nitro benzene ring substituents is 1. The van der Waals surface area contributed by atoms with Crippen LogP contribution in [-0.4, -0.2) is 9.96 Å². The maximum Gasteiger partial charge on any atom is 0.271 e. The van der Waals surface area contributed by atoms with Gasteiger partial charge in [0.25, 0.3) is 5.69 Å². The van der Waals surface area contributed by atoms with Gasteiger partial charge in [-0.2, -0.15) is 0 Å². The van der Waals surface area contributed by atoms with E-state index in [1.807, 2.05) is 5.43 Å². The highest BCUT2D eigenvalue weighted by Gasteiger charge is 2.16. The number of nitro benzene ring substituents is 1. The van der Waals surface area contributed by atoms with Gasteiger partial charge >= 0.3 is 0 Å². The molecule has 0 fully saturated rings. The lowest BCUT2D eigenvalue weighted by Crippen LogP contribution is -2.09. The zero-order valence-electron chi connectivity index (χ0n) is 6.94. The van der Waals surface area contributed by atoms with Crippen molar-refractivity contribution in [2.75, 3.05) is 5.43 Å². The minimum Gasteiger partial charge on any atom is -0.258 e. The summed E-state index contributed by atoms with van der Waals surface area (Å²) >= 11 is 5.99. The summed E-state index contributed by atoms with van der Waals surface area (Å²) in [6.45, 7) is 0. The Hall–Kier alpha value is -1.22. The van der Waals surface area contributed by atoms with Gasteiger partial charge in [-0.3, -0.25) is 10.1 Å². The van der Waals surface area contributed by atoms with Crippen molar-refractivity contribution in [3.63, 3.8) is 0 Å². The van der Waals surface area contributed by atoms with E-state index in [4.69, 9.17) is 0 Å². The molecule has 0 aliphatic rings. The molecule has 0 spiro atoms. The molecule has 15 heavy (non-hydrogen) atoms. The van der Waals surface area contributed by atoms with Crippen molar-refractivity contribution < 1.29 is 9.96 Å². The van der Waals surface area contributed by atoms with Gasteiger partial charge in [0, 0.05) is 12.1 Å². The normalized spacial score (nSPS) is 9.73. The lowest BCUT2D eigenvalue weighted by atomic mass is 10.3. The lowest BCUT2D eigenvalue weighted by molar-refractivity contribution is -0.445. The third kappa shape index (κ3) is 2.86. The summed E-state index contributed by atoms with van der Waals surface area (Å²) in [5.74, 6) is 0. The highest BCUT2D eigenvalue weighted by Crippen LogP contribution is 2.34. The number of benzene rings is 1. The Morgan fingerprint density at radius 2 is 1.60 bits per heavy atom. The van der Waals surface area contributed by atoms with Gasteiger partial charge in [-0.05, 0) is 31.9 Å². The van der Waals surface area contributed by atoms with E-state index in [9.17, 15) is 20.2 Å². The second-order valence-electron chi connectivity index (χ2n) is 2.41. The Labute approximate surface area is 100.0 Å². The standard InChI is InChI=1S/C6H3Br2N3O4/c7-4-1-3(10(12)13)2-5(8)6(4)9-11(14)15/h1-2,9H. The topological polar surface area (TPSA) is 98.3 Å². The first-order valence-electron chi connectivity index (χ1n) is 3.46. The van der Waals surface area contributed by atoms with Crippen LogP contribution in [0.5, 0.6) is 0 Å². The molecule has 0 aliphatic heterocycles. The number of nitro groups is 2. The Bertz CT molecular complexity index is 413. The molecule has 0 unspecified atom stereocenters. The maximum atomic E-state index is 10.4. The van der Waals surface area contributed by atoms with Crippen LogP contribution >= 0.6 is 31.9 Å². The van der Waals surface area contributed by atoms with Gasteiger partial charge in [-0.25, -0.2) is 10.1 Å². The quantitative estimate of drug-likeness (QED) is 0.673. The summed E-state index contributed by atoms with van der Waals surface area (Å²) < 4.78 is 0.473. The average Bonchev–Trinajstić information content (AvgIpc) is 2.10. The maximum absolute atomic E-state index is 10.4. The first kappa shape index (κ1) is 11.9. The van der Waals surface area contributed by atoms with E-state index in [1.165, 1.54) is 12.1 Å². The summed E-state index contributed by atoms with van der Waals surface area (Å²) in [5.41, 5.74) is 1.88. The molecule has 0 aliphatic carbocycles. The van der Waals surface area contributed by atoms with E-state index >= 15 is 0 Å². The third-order valence-electron chi connectivity index (χ3n) is 1.44. The smallest absolute Gasteiger partial charge is 0.258 e. The molecule has 0 atom stereocenters. The molecule has 0 bridgehead atoms. The largest absolute Gasteiger partial charge is 0.271 e. The fourth-order valence-corrected chi connectivity index (χ4v) is 2.20. The second kappa shape index (κ2) is 4.53. The van der Waals surface area contributed by atoms with E-state index in [0.29, 0.717) is 0 Å². The number of hydrazine groups is 1. The Balaban J connectivity index is 3.21. The van der Waals surface area contributed by atoms with E-state index in [1.54, 1.807) is 0 Å². The molecule has 1 aromatic carbocycles. The number of halogens is 2. The van der Waals surface area contributed by atoms with Crippen LogP contribution in [0.15, 0.2) is 21.1 Å². The monoisotopic (exact) mass is 339 g/mol. The Kier molecular flexibility index (Phi) is 3.58. The van der Waals surface area contributed by atoms with E-state index in [0.717, 1.165) is 0 Å². The van der Waals surface area contributed by atoms with Crippen LogP contribution in [0.2, 0.25) is 0 Å². The number of rotatable bonds is 3. The van der Waals surface area contributed by atoms with Gasteiger partial charge in [0.15, 0.2) is 5.03 Å². The first-order valence-corrected chi connectivity index (χ1v) is 5.05. The highest BCUT2D eigenvalue weighted by molar-refractivity contribution is 9.11. The van der Waals surface area contributed by atoms with Crippen molar-refractivity contribution >= 4 is 43.2 Å². The summed E-state index contributed by atoms with van der Waals surface area (Å²) in [6.07, 6.45) is 0. The molecule has 7 nitrogen and oxygen atoms in total. The molecule has 0 saturated heterocycles. The van der Waals surface area contributed by atoms with Gasteiger partial charge in [-0.15, -0.1) is 5.43 Å². The number of hydrogen-bond acceptors (Lipinski definition) is 4. The third-order valence-corrected chi connectivity index (χ3v) is 2.69. The fourth-order valence-electron chi connectivity index (χ4n) is 0.863. The van der Waals surface area contributed by atoms with Crippen molar-refractivity contribution in [1.82, 2.24) is 0 Å². The molecule has 9 heteroatoms. The second-order valence-corrected chi connectivity index (χ2v) is 4.12. The van der Waals surface area contributed by atoms with Crippen molar-refractivity contribution in [2.24, 2.45) is 0 Å². The Morgan fingerprint density at radius 3 is 1.93 bits per heavy atom. The Morgan fingerprint density at radius 1 is 1.13 bits per heavy atom. The number of nitrogens with zero attached hydrogens (tertiary/aromatic N) is 2. The molecule has 1 rings (SSSR count). The van der Waals surface area contributed by atoms with Crippen LogP contribution in [0.3, 0.4) is 0 Å². The molecule has 0 radical (unpaired) electrons. The molecule has 1 aromatic rings. The van der Waals surface area contributed by atoms with Crippen molar-refractivity contribution in [3.05, 3.63) is 41.3 Å². The molecule has 80 valence electrons. The number of nitrogens with one attached hydrogen (secondary N) is 1. The van der Waals surface area contributed by atoms with Crippen LogP contribution < -0.4 is 5.43 Å². The number of anilines is 1. The molecular formula is C6H3Br2N3O4. The van der Waals surface area contributed by atoms with Crippen LogP contribution in [0, 0.1) is 20.2 Å². The summed E-state index contributed by atoms with van der Waals surface area (Å²) in [4.78, 5) is 20.1. The summed E-state index contributed by atoms with van der Waals surface area (Å²) in [6, 6.07) is 2.35. The lowest BCUT2D eigenvalue weighted by Gasteiger charge is -2.03. The number of hydrogen-bond donors (Lipinski definition) is 1. The zero-order chi connectivity index (χ0) is 11.6. The van der Waals surface area contributed by atoms with Crippen LogP contribution in [-0.2, 0) is 0 Å². The van der Waals surface area contributed by atoms with Crippen molar-refractivity contribution in [1.29, 1.82) is 0 Å². The van der Waals surface area contributed by atoms with Gasteiger partial charge in [0.1, 0.15) is 5.69 Å². The average molecular weight is 341 g/mol. The van der Waals surface area contributed by atoms with E-state index in [2.05, 4.69) is 31.9 Å². The van der Waals surface area contributed by atoms with Gasteiger partial charge in [0.2, 0.25) is 0 Å². The predicted octanol–water partition coefficient (Wildman–Crippen LogP) is 2.72. The first-order chi connectivity index (χ1) is 6.91. The van der Waals surface area contributed by atoms with Crippen LogP contribution in [0.1, 0.15) is 0 Å². The van der Waals surface area contributed by atoms with Gasteiger partial charge < -0.3 is 0 Å². The molecular weight excluding hydrogens is 338 g/mol. The fraction of sp³-hybridized carbons (Fsp3) is 0. The van der Waals surface area contributed by atoms with Gasteiger partial charge in [0.05, 0.1) is 13.9 Å². The molecule has 0 amide bonds.